The van der Waals surface area contributed by atoms with E-state index in [0.29, 0.717) is 24.1 Å². The third-order valence-electron chi connectivity index (χ3n) is 8.47. The van der Waals surface area contributed by atoms with E-state index in [0.717, 1.165) is 19.3 Å². The van der Waals surface area contributed by atoms with Crippen LogP contribution < -0.4 is 4.89 Å². The molecule has 9 nitrogen and oxygen atoms in total. The van der Waals surface area contributed by atoms with E-state index in [1.807, 2.05) is 28.1 Å². The molecule has 0 fully saturated rings. The second-order valence-electron chi connectivity index (χ2n) is 14.7. The molecule has 0 aliphatic rings. The van der Waals surface area contributed by atoms with Crippen molar-refractivity contribution in [3.05, 3.63) is 0 Å². The molecule has 300 valence electrons. The van der Waals surface area contributed by atoms with Crippen molar-refractivity contribution in [3.8, 4) is 0 Å². The first kappa shape index (κ1) is 57.4. The molecule has 0 aromatic carbocycles. The smallest absolute Gasteiger partial charge is 0.311 e. The van der Waals surface area contributed by atoms with Crippen molar-refractivity contribution in [3.63, 3.8) is 0 Å². The summed E-state index contributed by atoms with van der Waals surface area (Å²) in [6.07, 6.45) is 21.4. The van der Waals surface area contributed by atoms with Gasteiger partial charge in [0.05, 0.1) is 45.2 Å². The van der Waals surface area contributed by atoms with Crippen LogP contribution in [0.5, 0.6) is 0 Å². The van der Waals surface area contributed by atoms with Crippen molar-refractivity contribution in [2.24, 2.45) is 10.8 Å². The highest BCUT2D eigenvalue weighted by Crippen LogP contribution is 2.40. The van der Waals surface area contributed by atoms with Crippen molar-refractivity contribution in [1.82, 2.24) is 0 Å². The lowest BCUT2D eigenvalue weighted by atomic mass is 9.72. The molecule has 0 saturated heterocycles. The van der Waals surface area contributed by atoms with Gasteiger partial charge in [0.1, 0.15) is 19.8 Å². The Hall–Kier alpha value is -0.990. The monoisotopic (exact) mass is 728 g/mol. The maximum Gasteiger partial charge on any atom is 0.311 e. The van der Waals surface area contributed by atoms with Crippen molar-refractivity contribution < 1.29 is 42.1 Å². The van der Waals surface area contributed by atoms with Crippen LogP contribution in [-0.2, 0) is 32.7 Å². The molecule has 2 unspecified atom stereocenters. The fourth-order valence-corrected chi connectivity index (χ4v) is 6.00. The molecule has 0 radical (unpaired) electrons. The topological polar surface area (TPSA) is 111 Å². The van der Waals surface area contributed by atoms with Gasteiger partial charge in [0.15, 0.2) is 0 Å². The van der Waals surface area contributed by atoms with Crippen LogP contribution in [0, 0.1) is 10.8 Å². The summed E-state index contributed by atoms with van der Waals surface area (Å²) in [6, 6.07) is 0. The van der Waals surface area contributed by atoms with Gasteiger partial charge in [0.25, 0.3) is 7.82 Å². The van der Waals surface area contributed by atoms with Gasteiger partial charge in [-0.3, -0.25) is 14.2 Å². The number of esters is 2. The molecule has 0 aliphatic carbocycles. The second-order valence-corrected chi connectivity index (χ2v) is 16.1. The average Bonchev–Trinajstić information content (AvgIpc) is 2.95. The first-order valence-corrected chi connectivity index (χ1v) is 19.3. The number of quaternary nitrogens is 1. The van der Waals surface area contributed by atoms with E-state index >= 15 is 0 Å². The Bertz CT molecular complexity index is 830. The summed E-state index contributed by atoms with van der Waals surface area (Å²) in [5, 5.41) is 0. The summed E-state index contributed by atoms with van der Waals surface area (Å²) >= 11 is 0. The van der Waals surface area contributed by atoms with Crippen LogP contribution in [0.3, 0.4) is 0 Å². The minimum absolute atomic E-state index is 0. The minimum atomic E-state index is -4.48. The molecule has 0 aliphatic heterocycles. The van der Waals surface area contributed by atoms with Crippen molar-refractivity contribution in [1.29, 1.82) is 0 Å². The highest BCUT2D eigenvalue weighted by molar-refractivity contribution is 7.45. The van der Waals surface area contributed by atoms with Gasteiger partial charge in [-0.2, -0.15) is 0 Å². The standard InChI is InChI=1S/C35H70NO8P.4CH4/c1-9-11-12-13-14-15-16-17-18-19-20-21-22-23-24-25-27-41-32(37)34(3,4)31-35(5,10-2)33(38)42-29-30-44-45(39,40)43-28-26-36(6,7)8;;;;/h9-31H2,1-8H3;4*1H4. The van der Waals surface area contributed by atoms with Gasteiger partial charge in [0, 0.05) is 0 Å². The lowest BCUT2D eigenvalue weighted by molar-refractivity contribution is -0.870. The van der Waals surface area contributed by atoms with Crippen molar-refractivity contribution in [2.75, 3.05) is 54.1 Å². The van der Waals surface area contributed by atoms with Gasteiger partial charge in [0.2, 0.25) is 0 Å². The van der Waals surface area contributed by atoms with Gasteiger partial charge in [-0.1, -0.05) is 140 Å². The maximum absolute atomic E-state index is 12.9. The molecule has 0 amide bonds. The number of nitrogens with zero attached hydrogens (tertiary/aromatic N) is 1. The molecule has 0 bridgehead atoms. The summed E-state index contributed by atoms with van der Waals surface area (Å²) in [5.74, 6) is -0.823. The molecular formula is C39H86NO8P. The summed E-state index contributed by atoms with van der Waals surface area (Å²) in [7, 11) is 1.29. The zero-order valence-electron chi connectivity index (χ0n) is 30.4. The van der Waals surface area contributed by atoms with Gasteiger partial charge >= 0.3 is 11.9 Å². The Morgan fingerprint density at radius 1 is 0.592 bits per heavy atom. The molecule has 0 heterocycles. The van der Waals surface area contributed by atoms with Gasteiger partial charge in [-0.05, 0) is 40.0 Å². The number of likely N-dealkylation sites (N-methyl/N-ethyl adjacent to an activating group) is 1. The molecule has 2 atom stereocenters. The fraction of sp³-hybridized carbons (Fsp3) is 0.949. The Balaban J connectivity index is -0.00000161. The number of ether oxygens (including phenoxy) is 2. The van der Waals surface area contributed by atoms with Crippen molar-refractivity contribution in [2.45, 2.75) is 180 Å². The zero-order valence-corrected chi connectivity index (χ0v) is 31.3. The number of hydrogen-bond donors (Lipinski definition) is 0. The predicted octanol–water partition coefficient (Wildman–Crippen LogP) is 10.9. The highest BCUT2D eigenvalue weighted by Gasteiger charge is 2.43. The fourth-order valence-electron chi connectivity index (χ4n) is 5.32. The van der Waals surface area contributed by atoms with Crippen LogP contribution in [0.25, 0.3) is 0 Å². The lowest BCUT2D eigenvalue weighted by Gasteiger charge is -2.33. The Morgan fingerprint density at radius 3 is 1.39 bits per heavy atom. The molecule has 0 spiro atoms. The van der Waals surface area contributed by atoms with Crippen LogP contribution in [-0.4, -0.2) is 70.5 Å². The molecule has 0 saturated carbocycles. The molecule has 0 N–H and O–H groups in total. The normalized spacial score (nSPS) is 13.7. The molecule has 10 heteroatoms. The van der Waals surface area contributed by atoms with Gasteiger partial charge in [-0.15, -0.1) is 0 Å². The summed E-state index contributed by atoms with van der Waals surface area (Å²) in [5.41, 5.74) is -1.81. The quantitative estimate of drug-likeness (QED) is 0.0311. The van der Waals surface area contributed by atoms with Gasteiger partial charge in [-0.25, -0.2) is 0 Å². The second kappa shape index (κ2) is 31.7. The summed E-state index contributed by atoms with van der Waals surface area (Å²) in [6.45, 7) is 9.78. The molecule has 49 heavy (non-hydrogen) atoms. The highest BCUT2D eigenvalue weighted by atomic mass is 31.2. The number of carbonyl (C=O) groups excluding carboxylic acids is 2. The Kier molecular flexibility index (Phi) is 37.1. The van der Waals surface area contributed by atoms with Crippen LogP contribution >= 0.6 is 7.82 Å². The van der Waals surface area contributed by atoms with Crippen LogP contribution in [0.4, 0.5) is 0 Å². The first-order chi connectivity index (χ1) is 21.1. The number of phosphoric acid groups is 1. The average molecular weight is 728 g/mol. The van der Waals surface area contributed by atoms with E-state index in [1.165, 1.54) is 83.5 Å². The van der Waals surface area contributed by atoms with E-state index in [-0.39, 0.29) is 61.9 Å². The Morgan fingerprint density at radius 2 is 0.980 bits per heavy atom. The minimum Gasteiger partial charge on any atom is -0.756 e. The molecular weight excluding hydrogens is 641 g/mol. The third-order valence-corrected chi connectivity index (χ3v) is 9.46. The van der Waals surface area contributed by atoms with E-state index < -0.39 is 24.6 Å². The van der Waals surface area contributed by atoms with Gasteiger partial charge < -0.3 is 27.9 Å². The third kappa shape index (κ3) is 31.5. The lowest BCUT2D eigenvalue weighted by Crippen LogP contribution is -2.39. The van der Waals surface area contributed by atoms with Crippen LogP contribution in [0.15, 0.2) is 0 Å². The van der Waals surface area contributed by atoms with E-state index in [2.05, 4.69) is 6.92 Å². The predicted molar refractivity (Wildman–Crippen MR) is 208 cm³/mol. The number of hydrogen-bond acceptors (Lipinski definition) is 8. The first-order valence-electron chi connectivity index (χ1n) is 17.8. The van der Waals surface area contributed by atoms with E-state index in [4.69, 9.17) is 18.5 Å². The van der Waals surface area contributed by atoms with Crippen LogP contribution in [0.2, 0.25) is 0 Å². The molecule has 0 aromatic heterocycles. The largest absolute Gasteiger partial charge is 0.756 e. The number of phosphoric ester groups is 1. The summed E-state index contributed by atoms with van der Waals surface area (Å²) < 4.78 is 33.1. The number of rotatable bonds is 30. The molecule has 0 rings (SSSR count). The van der Waals surface area contributed by atoms with E-state index in [1.54, 1.807) is 20.8 Å². The SMILES string of the molecule is C.C.C.C.CCCCCCCCCCCCCCCCCCOC(=O)C(C)(C)CC(C)(CC)C(=O)OCCOP(=O)([O-])OCC[N+](C)(C)C. The van der Waals surface area contributed by atoms with Crippen LogP contribution in [0.1, 0.15) is 180 Å². The Labute approximate surface area is 306 Å². The van der Waals surface area contributed by atoms with Crippen molar-refractivity contribution >= 4 is 19.8 Å². The number of unbranched alkanes of at least 4 members (excludes halogenated alkanes) is 15. The molecule has 0 aromatic rings. The maximum atomic E-state index is 12.9. The summed E-state index contributed by atoms with van der Waals surface area (Å²) in [4.78, 5) is 37.7. The van der Waals surface area contributed by atoms with E-state index in [9.17, 15) is 19.0 Å². The zero-order chi connectivity index (χ0) is 34.2. The number of carbonyl (C=O) groups is 2.